The molecular weight excluding hydrogens is 222 g/mol. The molecule has 0 bridgehead atoms. The Morgan fingerprint density at radius 2 is 2.13 bits per heavy atom. The molecule has 1 N–H and O–H groups in total. The fourth-order valence-electron chi connectivity index (χ4n) is 1.39. The maximum absolute atomic E-state index is 13.5. The third kappa shape index (κ3) is 2.99. The van der Waals surface area contributed by atoms with Crippen LogP contribution in [-0.4, -0.2) is 11.1 Å². The molecule has 1 aromatic rings. The minimum atomic E-state index is -3.03. The van der Waals surface area contributed by atoms with Gasteiger partial charge in [0.05, 0.1) is 6.42 Å². The van der Waals surface area contributed by atoms with Crippen molar-refractivity contribution in [3.8, 4) is 0 Å². The Labute approximate surface area is 90.5 Å². The summed E-state index contributed by atoms with van der Waals surface area (Å²) in [7, 11) is 0. The van der Waals surface area contributed by atoms with E-state index in [-0.39, 0.29) is 5.56 Å². The van der Waals surface area contributed by atoms with Gasteiger partial charge in [0.15, 0.2) is 0 Å². The Hall–Kier alpha value is -0.970. The average Bonchev–Trinajstić information content (AvgIpc) is 2.43. The van der Waals surface area contributed by atoms with E-state index in [0.29, 0.717) is 4.88 Å². The van der Waals surface area contributed by atoms with Gasteiger partial charge in [-0.05, 0) is 19.9 Å². The first-order valence-corrected chi connectivity index (χ1v) is 5.31. The molecule has 0 aliphatic rings. The van der Waals surface area contributed by atoms with Crippen molar-refractivity contribution in [2.24, 2.45) is 0 Å². The van der Waals surface area contributed by atoms with E-state index in [2.05, 4.69) is 0 Å². The lowest BCUT2D eigenvalue weighted by Gasteiger charge is -2.14. The third-order valence-electron chi connectivity index (χ3n) is 2.09. The van der Waals surface area contributed by atoms with Crippen molar-refractivity contribution in [2.75, 3.05) is 0 Å². The van der Waals surface area contributed by atoms with Gasteiger partial charge in [0.2, 0.25) is 0 Å². The number of aliphatic carboxylic acids is 1. The maximum Gasteiger partial charge on any atom is 0.303 e. The highest BCUT2D eigenvalue weighted by molar-refractivity contribution is 7.12. The van der Waals surface area contributed by atoms with Gasteiger partial charge < -0.3 is 5.11 Å². The first-order valence-electron chi connectivity index (χ1n) is 4.50. The minimum Gasteiger partial charge on any atom is -0.481 e. The van der Waals surface area contributed by atoms with Gasteiger partial charge in [0.25, 0.3) is 5.92 Å². The number of carboxylic acid groups (broad SMARTS) is 1. The lowest BCUT2D eigenvalue weighted by Crippen LogP contribution is -2.15. The standard InChI is InChI=1S/C10H12F2O2S/c1-6-5-8(7(2)15-6)10(11,12)4-3-9(13)14/h5H,3-4H2,1-2H3,(H,13,14). The fraction of sp³-hybridized carbons (Fsp3) is 0.500. The second-order valence-electron chi connectivity index (χ2n) is 3.43. The Morgan fingerprint density at radius 3 is 2.53 bits per heavy atom. The molecule has 0 unspecified atom stereocenters. The summed E-state index contributed by atoms with van der Waals surface area (Å²) in [6, 6.07) is 1.43. The number of hydrogen-bond acceptors (Lipinski definition) is 2. The van der Waals surface area contributed by atoms with Gasteiger partial charge in [0, 0.05) is 21.7 Å². The number of rotatable bonds is 4. The summed E-state index contributed by atoms with van der Waals surface area (Å²) in [4.78, 5) is 11.6. The highest BCUT2D eigenvalue weighted by Crippen LogP contribution is 2.38. The summed E-state index contributed by atoms with van der Waals surface area (Å²) in [5, 5.41) is 8.37. The van der Waals surface area contributed by atoms with Crippen molar-refractivity contribution in [1.29, 1.82) is 0 Å². The minimum absolute atomic E-state index is 0.0359. The summed E-state index contributed by atoms with van der Waals surface area (Å²) < 4.78 is 27.1. The van der Waals surface area contributed by atoms with Crippen LogP contribution in [0.3, 0.4) is 0 Å². The van der Waals surface area contributed by atoms with Crippen LogP contribution in [0.4, 0.5) is 8.78 Å². The van der Waals surface area contributed by atoms with Crippen LogP contribution in [0.5, 0.6) is 0 Å². The van der Waals surface area contributed by atoms with Crippen LogP contribution in [0.15, 0.2) is 6.07 Å². The van der Waals surface area contributed by atoms with E-state index in [1.165, 1.54) is 17.4 Å². The molecule has 5 heteroatoms. The molecule has 0 saturated heterocycles. The van der Waals surface area contributed by atoms with E-state index in [1.54, 1.807) is 13.8 Å². The largest absolute Gasteiger partial charge is 0.481 e. The van der Waals surface area contributed by atoms with Gasteiger partial charge in [-0.1, -0.05) is 0 Å². The van der Waals surface area contributed by atoms with E-state index < -0.39 is 24.7 Å². The summed E-state index contributed by atoms with van der Waals surface area (Å²) in [5.41, 5.74) is -0.0359. The Morgan fingerprint density at radius 1 is 1.53 bits per heavy atom. The first kappa shape index (κ1) is 12.1. The van der Waals surface area contributed by atoms with Gasteiger partial charge in [-0.2, -0.15) is 0 Å². The van der Waals surface area contributed by atoms with Crippen LogP contribution in [-0.2, 0) is 10.7 Å². The molecule has 0 spiro atoms. The number of alkyl halides is 2. The van der Waals surface area contributed by atoms with Gasteiger partial charge in [-0.25, -0.2) is 8.78 Å². The van der Waals surface area contributed by atoms with Gasteiger partial charge in [-0.15, -0.1) is 11.3 Å². The Bertz CT molecular complexity index is 371. The SMILES string of the molecule is Cc1cc(C(F)(F)CCC(=O)O)c(C)s1. The molecule has 0 amide bonds. The molecule has 0 fully saturated rings. The maximum atomic E-state index is 13.5. The van der Waals surface area contributed by atoms with Crippen molar-refractivity contribution in [3.63, 3.8) is 0 Å². The molecule has 0 atom stereocenters. The van der Waals surface area contributed by atoms with Crippen molar-refractivity contribution in [2.45, 2.75) is 32.6 Å². The van der Waals surface area contributed by atoms with Crippen LogP contribution >= 0.6 is 11.3 Å². The first-order chi connectivity index (χ1) is 6.83. The predicted molar refractivity (Wildman–Crippen MR) is 54.6 cm³/mol. The molecule has 2 nitrogen and oxygen atoms in total. The van der Waals surface area contributed by atoms with Crippen LogP contribution in [0.25, 0.3) is 0 Å². The zero-order valence-corrected chi connectivity index (χ0v) is 9.33. The normalized spacial score (nSPS) is 11.7. The van der Waals surface area contributed by atoms with Crippen LogP contribution in [0, 0.1) is 13.8 Å². The number of aryl methyl sites for hydroxylation is 2. The molecule has 0 aliphatic heterocycles. The fourth-order valence-corrected chi connectivity index (χ4v) is 2.37. The number of carbonyl (C=O) groups is 1. The van der Waals surface area contributed by atoms with Crippen molar-refractivity contribution in [1.82, 2.24) is 0 Å². The zero-order valence-electron chi connectivity index (χ0n) is 8.51. The highest BCUT2D eigenvalue weighted by atomic mass is 32.1. The zero-order chi connectivity index (χ0) is 11.6. The van der Waals surface area contributed by atoms with Gasteiger partial charge in [0.1, 0.15) is 0 Å². The molecule has 0 aromatic carbocycles. The molecule has 0 radical (unpaired) electrons. The Balaban J connectivity index is 2.85. The lowest BCUT2D eigenvalue weighted by molar-refractivity contribution is -0.139. The van der Waals surface area contributed by atoms with Crippen molar-refractivity contribution >= 4 is 17.3 Å². The smallest absolute Gasteiger partial charge is 0.303 e. The second-order valence-corrected chi connectivity index (χ2v) is 4.89. The monoisotopic (exact) mass is 234 g/mol. The number of thiophene rings is 1. The van der Waals surface area contributed by atoms with E-state index >= 15 is 0 Å². The molecule has 1 rings (SSSR count). The quantitative estimate of drug-likeness (QED) is 0.867. The lowest BCUT2D eigenvalue weighted by atomic mass is 10.0. The van der Waals surface area contributed by atoms with Crippen LogP contribution in [0.2, 0.25) is 0 Å². The number of carboxylic acids is 1. The summed E-state index contributed by atoms with van der Waals surface area (Å²) in [5.74, 6) is -4.23. The molecule has 15 heavy (non-hydrogen) atoms. The number of hydrogen-bond donors (Lipinski definition) is 1. The van der Waals surface area contributed by atoms with Gasteiger partial charge >= 0.3 is 5.97 Å². The van der Waals surface area contributed by atoms with Crippen LogP contribution < -0.4 is 0 Å². The molecule has 0 saturated carbocycles. The molecule has 84 valence electrons. The van der Waals surface area contributed by atoms with Crippen LogP contribution in [0.1, 0.15) is 28.2 Å². The second kappa shape index (κ2) is 4.26. The van der Waals surface area contributed by atoms with E-state index in [9.17, 15) is 13.6 Å². The molecule has 0 aliphatic carbocycles. The highest BCUT2D eigenvalue weighted by Gasteiger charge is 2.34. The summed E-state index contributed by atoms with van der Waals surface area (Å²) in [6.07, 6.45) is -1.15. The Kier molecular flexibility index (Phi) is 3.44. The molecule has 1 aromatic heterocycles. The third-order valence-corrected chi connectivity index (χ3v) is 3.05. The summed E-state index contributed by atoms with van der Waals surface area (Å²) >= 11 is 1.30. The predicted octanol–water partition coefficient (Wildman–Crippen LogP) is 3.32. The van der Waals surface area contributed by atoms with E-state index in [1.807, 2.05) is 0 Å². The number of halogens is 2. The van der Waals surface area contributed by atoms with Crippen molar-refractivity contribution in [3.05, 3.63) is 21.4 Å². The van der Waals surface area contributed by atoms with Gasteiger partial charge in [-0.3, -0.25) is 4.79 Å². The summed E-state index contributed by atoms with van der Waals surface area (Å²) in [6.45, 7) is 3.39. The average molecular weight is 234 g/mol. The van der Waals surface area contributed by atoms with Crippen molar-refractivity contribution < 1.29 is 18.7 Å². The van der Waals surface area contributed by atoms with E-state index in [4.69, 9.17) is 5.11 Å². The molecule has 1 heterocycles. The molecular formula is C10H12F2O2S. The topological polar surface area (TPSA) is 37.3 Å². The van der Waals surface area contributed by atoms with E-state index in [0.717, 1.165) is 4.88 Å².